The number of hydrogen-bond donors (Lipinski definition) is 2. The van der Waals surface area contributed by atoms with Gasteiger partial charge in [-0.2, -0.15) is 5.10 Å². The highest BCUT2D eigenvalue weighted by molar-refractivity contribution is 7.89. The summed E-state index contributed by atoms with van der Waals surface area (Å²) in [5, 5.41) is 6.81. The second kappa shape index (κ2) is 7.11. The predicted octanol–water partition coefficient (Wildman–Crippen LogP) is 0.335. The SMILES string of the molecule is CN1CCOCC1c1n[nH]c(CNS(=O)(=O)c2cccnc2Cl)n1. The van der Waals surface area contributed by atoms with Crippen LogP contribution >= 0.6 is 11.6 Å². The summed E-state index contributed by atoms with van der Waals surface area (Å²) in [6.07, 6.45) is 1.42. The fraction of sp³-hybridized carbons (Fsp3) is 0.462. The molecule has 2 aromatic rings. The Hall–Kier alpha value is -1.59. The number of rotatable bonds is 5. The molecular weight excluding hydrogens is 356 g/mol. The average molecular weight is 373 g/mol. The number of morpholine rings is 1. The maximum Gasteiger partial charge on any atom is 0.244 e. The highest BCUT2D eigenvalue weighted by atomic mass is 35.5. The van der Waals surface area contributed by atoms with Crippen molar-refractivity contribution in [1.29, 1.82) is 0 Å². The number of nitrogens with one attached hydrogen (secondary N) is 2. The van der Waals surface area contributed by atoms with E-state index in [2.05, 4.69) is 29.8 Å². The van der Waals surface area contributed by atoms with Gasteiger partial charge in [0.2, 0.25) is 10.0 Å². The third-order valence-corrected chi connectivity index (χ3v) is 5.53. The monoisotopic (exact) mass is 372 g/mol. The van der Waals surface area contributed by atoms with Crippen molar-refractivity contribution in [2.75, 3.05) is 26.8 Å². The van der Waals surface area contributed by atoms with Gasteiger partial charge in [0.05, 0.1) is 25.8 Å². The van der Waals surface area contributed by atoms with Gasteiger partial charge >= 0.3 is 0 Å². The Kier molecular flexibility index (Phi) is 5.11. The number of pyridine rings is 1. The normalized spacial score (nSPS) is 19.5. The Balaban J connectivity index is 1.68. The van der Waals surface area contributed by atoms with E-state index in [1.165, 1.54) is 18.3 Å². The first-order valence-electron chi connectivity index (χ1n) is 7.27. The second-order valence-corrected chi connectivity index (χ2v) is 7.42. The highest BCUT2D eigenvalue weighted by Gasteiger charge is 2.25. The molecule has 130 valence electrons. The Morgan fingerprint density at radius 1 is 1.54 bits per heavy atom. The summed E-state index contributed by atoms with van der Waals surface area (Å²) in [5.74, 6) is 0.985. The van der Waals surface area contributed by atoms with Gasteiger partial charge in [0.1, 0.15) is 15.9 Å². The molecule has 1 atom stereocenters. The molecule has 1 aliphatic rings. The van der Waals surface area contributed by atoms with E-state index in [-0.39, 0.29) is 22.6 Å². The minimum atomic E-state index is -3.78. The number of aromatic nitrogens is 4. The molecule has 3 rings (SSSR count). The van der Waals surface area contributed by atoms with E-state index >= 15 is 0 Å². The van der Waals surface area contributed by atoms with Crippen molar-refractivity contribution in [1.82, 2.24) is 29.8 Å². The molecule has 11 heteroatoms. The Morgan fingerprint density at radius 2 is 2.38 bits per heavy atom. The molecule has 0 spiro atoms. The van der Waals surface area contributed by atoms with Crippen molar-refractivity contribution < 1.29 is 13.2 Å². The van der Waals surface area contributed by atoms with Gasteiger partial charge < -0.3 is 4.74 Å². The zero-order chi connectivity index (χ0) is 17.2. The molecule has 0 aliphatic carbocycles. The van der Waals surface area contributed by atoms with Crippen molar-refractivity contribution in [2.24, 2.45) is 0 Å². The van der Waals surface area contributed by atoms with Gasteiger partial charge in [0.15, 0.2) is 5.82 Å². The maximum absolute atomic E-state index is 12.3. The van der Waals surface area contributed by atoms with Gasteiger partial charge in [-0.3, -0.25) is 10.00 Å². The van der Waals surface area contributed by atoms with Crippen molar-refractivity contribution in [3.8, 4) is 0 Å². The first-order chi connectivity index (χ1) is 11.5. The first kappa shape index (κ1) is 17.2. The maximum atomic E-state index is 12.3. The minimum absolute atomic E-state index is 0.0299. The molecule has 0 amide bonds. The van der Waals surface area contributed by atoms with Gasteiger partial charge in [-0.1, -0.05) is 11.6 Å². The van der Waals surface area contributed by atoms with Crippen molar-refractivity contribution in [2.45, 2.75) is 17.5 Å². The molecule has 2 N–H and O–H groups in total. The molecular formula is C13H17ClN6O3S. The zero-order valence-corrected chi connectivity index (χ0v) is 14.5. The van der Waals surface area contributed by atoms with Gasteiger partial charge in [-0.05, 0) is 19.2 Å². The van der Waals surface area contributed by atoms with Crippen molar-refractivity contribution >= 4 is 21.6 Å². The van der Waals surface area contributed by atoms with Crippen LogP contribution in [0.15, 0.2) is 23.2 Å². The fourth-order valence-corrected chi connectivity index (χ4v) is 3.75. The lowest BCUT2D eigenvalue weighted by Crippen LogP contribution is -2.37. The molecule has 0 saturated carbocycles. The standard InChI is InChI=1S/C13H17ClN6O3S/c1-20-5-6-23-8-9(20)13-17-11(18-19-13)7-16-24(21,22)10-3-2-4-15-12(10)14/h2-4,9,16H,5-8H2,1H3,(H,17,18,19). The van der Waals surface area contributed by atoms with Crippen LogP contribution < -0.4 is 4.72 Å². The third kappa shape index (κ3) is 3.73. The molecule has 24 heavy (non-hydrogen) atoms. The van der Waals surface area contributed by atoms with E-state index in [0.29, 0.717) is 24.9 Å². The summed E-state index contributed by atoms with van der Waals surface area (Å²) < 4.78 is 32.4. The molecule has 0 radical (unpaired) electrons. The van der Waals surface area contributed by atoms with Crippen LogP contribution in [0.2, 0.25) is 5.15 Å². The summed E-state index contributed by atoms with van der Waals surface area (Å²) in [6, 6.07) is 2.84. The van der Waals surface area contributed by atoms with Gasteiger partial charge in [-0.15, -0.1) is 0 Å². The topological polar surface area (TPSA) is 113 Å². The number of nitrogens with zero attached hydrogens (tertiary/aromatic N) is 4. The number of aromatic amines is 1. The molecule has 0 bridgehead atoms. The van der Waals surface area contributed by atoms with E-state index in [1.807, 2.05) is 7.05 Å². The summed E-state index contributed by atoms with van der Waals surface area (Å²) in [5.41, 5.74) is 0. The van der Waals surface area contributed by atoms with E-state index < -0.39 is 10.0 Å². The summed E-state index contributed by atoms with van der Waals surface area (Å²) >= 11 is 5.83. The number of likely N-dealkylation sites (N-methyl/N-ethyl adjacent to an activating group) is 1. The van der Waals surface area contributed by atoms with Crippen LogP contribution in [0.4, 0.5) is 0 Å². The molecule has 2 aromatic heterocycles. The molecule has 3 heterocycles. The lowest BCUT2D eigenvalue weighted by atomic mass is 10.2. The molecule has 1 saturated heterocycles. The summed E-state index contributed by atoms with van der Waals surface area (Å²) in [7, 11) is -1.81. The molecule has 1 aliphatic heterocycles. The average Bonchev–Trinajstić information content (AvgIpc) is 3.02. The Bertz CT molecular complexity index is 812. The van der Waals surface area contributed by atoms with E-state index in [0.717, 1.165) is 6.54 Å². The lowest BCUT2D eigenvalue weighted by Gasteiger charge is -2.30. The van der Waals surface area contributed by atoms with Crippen LogP contribution in [0.25, 0.3) is 0 Å². The van der Waals surface area contributed by atoms with E-state index in [4.69, 9.17) is 16.3 Å². The van der Waals surface area contributed by atoms with Crippen molar-refractivity contribution in [3.05, 3.63) is 35.1 Å². The largest absolute Gasteiger partial charge is 0.378 e. The minimum Gasteiger partial charge on any atom is -0.378 e. The lowest BCUT2D eigenvalue weighted by molar-refractivity contribution is 0.00193. The zero-order valence-electron chi connectivity index (χ0n) is 12.9. The Labute approximate surface area is 144 Å². The van der Waals surface area contributed by atoms with Crippen LogP contribution in [0.1, 0.15) is 17.7 Å². The molecule has 1 unspecified atom stereocenters. The number of hydrogen-bond acceptors (Lipinski definition) is 7. The second-order valence-electron chi connectivity index (χ2n) is 5.33. The highest BCUT2D eigenvalue weighted by Crippen LogP contribution is 2.20. The van der Waals surface area contributed by atoms with Crippen LogP contribution in [0.3, 0.4) is 0 Å². The molecule has 0 aromatic carbocycles. The van der Waals surface area contributed by atoms with Gasteiger partial charge in [0, 0.05) is 12.7 Å². The number of sulfonamides is 1. The molecule has 1 fully saturated rings. The van der Waals surface area contributed by atoms with Crippen molar-refractivity contribution in [3.63, 3.8) is 0 Å². The summed E-state index contributed by atoms with van der Waals surface area (Å²) in [6.45, 7) is 1.94. The Morgan fingerprint density at radius 3 is 3.12 bits per heavy atom. The smallest absolute Gasteiger partial charge is 0.244 e. The van der Waals surface area contributed by atoms with E-state index in [9.17, 15) is 8.42 Å². The van der Waals surface area contributed by atoms with Crippen LogP contribution in [-0.2, 0) is 21.3 Å². The van der Waals surface area contributed by atoms with Crippen LogP contribution in [0, 0.1) is 0 Å². The number of halogens is 1. The van der Waals surface area contributed by atoms with Gasteiger partial charge in [-0.25, -0.2) is 23.1 Å². The predicted molar refractivity (Wildman–Crippen MR) is 85.8 cm³/mol. The number of ether oxygens (including phenoxy) is 1. The fourth-order valence-electron chi connectivity index (χ4n) is 2.31. The van der Waals surface area contributed by atoms with E-state index in [1.54, 1.807) is 0 Å². The molecule has 9 nitrogen and oxygen atoms in total. The van der Waals surface area contributed by atoms with Gasteiger partial charge in [0.25, 0.3) is 0 Å². The summed E-state index contributed by atoms with van der Waals surface area (Å²) in [4.78, 5) is 10.1. The third-order valence-electron chi connectivity index (χ3n) is 3.69. The van der Waals surface area contributed by atoms with Crippen LogP contribution in [0.5, 0.6) is 0 Å². The van der Waals surface area contributed by atoms with Crippen LogP contribution in [-0.4, -0.2) is 60.3 Å². The number of H-pyrrole nitrogens is 1. The quantitative estimate of drug-likeness (QED) is 0.727. The first-order valence-corrected chi connectivity index (χ1v) is 9.13.